The Morgan fingerprint density at radius 1 is 1.44 bits per heavy atom. The van der Waals surface area contributed by atoms with Gasteiger partial charge in [-0.3, -0.25) is 5.10 Å². The van der Waals surface area contributed by atoms with E-state index in [0.717, 1.165) is 5.69 Å². The molecule has 0 atom stereocenters. The molecule has 0 unspecified atom stereocenters. The molecule has 0 saturated heterocycles. The summed E-state index contributed by atoms with van der Waals surface area (Å²) in [5, 5.41) is 15.3. The normalized spacial score (nSPS) is 10.1. The molecule has 0 amide bonds. The fraction of sp³-hybridized carbons (Fsp3) is 0.100. The zero-order valence-electron chi connectivity index (χ0n) is 8.47. The molecule has 2 rings (SSSR count). The van der Waals surface area contributed by atoms with Crippen LogP contribution in [0.25, 0.3) is 0 Å². The van der Waals surface area contributed by atoms with E-state index in [2.05, 4.69) is 15.2 Å². The monoisotopic (exact) mass is 219 g/mol. The second-order valence-electron chi connectivity index (χ2n) is 3.18. The number of aromatic nitrogens is 3. The minimum absolute atomic E-state index is 0.122. The fourth-order valence-corrected chi connectivity index (χ4v) is 1.15. The molecular formula is C10H9N3O3. The van der Waals surface area contributed by atoms with E-state index in [0.29, 0.717) is 5.88 Å². The SMILES string of the molecule is Cc1cc(Oc2cc(C(=O)O)ccn2)n[nH]1. The molecule has 0 aliphatic heterocycles. The number of aryl methyl sites for hydroxylation is 1. The van der Waals surface area contributed by atoms with Crippen molar-refractivity contribution in [2.24, 2.45) is 0 Å². The first kappa shape index (κ1) is 10.2. The van der Waals surface area contributed by atoms with Gasteiger partial charge in [-0.05, 0) is 13.0 Å². The number of aromatic amines is 1. The summed E-state index contributed by atoms with van der Waals surface area (Å²) >= 11 is 0. The first-order valence-corrected chi connectivity index (χ1v) is 4.54. The summed E-state index contributed by atoms with van der Waals surface area (Å²) < 4.78 is 5.27. The molecule has 6 heteroatoms. The Balaban J connectivity index is 2.21. The highest BCUT2D eigenvalue weighted by Crippen LogP contribution is 2.18. The topological polar surface area (TPSA) is 88.1 Å². The quantitative estimate of drug-likeness (QED) is 0.818. The third kappa shape index (κ3) is 2.17. The molecule has 0 aromatic carbocycles. The van der Waals surface area contributed by atoms with Gasteiger partial charge in [0.25, 0.3) is 0 Å². The molecule has 0 radical (unpaired) electrons. The molecule has 0 bridgehead atoms. The van der Waals surface area contributed by atoms with Crippen LogP contribution in [-0.4, -0.2) is 26.3 Å². The lowest BCUT2D eigenvalue weighted by Gasteiger charge is -2.00. The number of pyridine rings is 1. The molecule has 16 heavy (non-hydrogen) atoms. The highest BCUT2D eigenvalue weighted by atomic mass is 16.5. The summed E-state index contributed by atoms with van der Waals surface area (Å²) in [6, 6.07) is 4.42. The van der Waals surface area contributed by atoms with Crippen molar-refractivity contribution in [3.63, 3.8) is 0 Å². The average Bonchev–Trinajstić information content (AvgIpc) is 2.64. The Morgan fingerprint density at radius 3 is 2.88 bits per heavy atom. The Kier molecular flexibility index (Phi) is 2.55. The highest BCUT2D eigenvalue weighted by Gasteiger charge is 2.06. The van der Waals surface area contributed by atoms with Crippen LogP contribution in [0.3, 0.4) is 0 Å². The number of H-pyrrole nitrogens is 1. The second-order valence-corrected chi connectivity index (χ2v) is 3.18. The summed E-state index contributed by atoms with van der Waals surface area (Å²) in [6.07, 6.45) is 1.37. The van der Waals surface area contributed by atoms with Gasteiger partial charge in [0.1, 0.15) is 0 Å². The first-order chi connectivity index (χ1) is 7.65. The van der Waals surface area contributed by atoms with E-state index < -0.39 is 5.97 Å². The fourth-order valence-electron chi connectivity index (χ4n) is 1.15. The number of nitrogens with zero attached hydrogens (tertiary/aromatic N) is 2. The maximum absolute atomic E-state index is 10.7. The van der Waals surface area contributed by atoms with Crippen LogP contribution in [0.15, 0.2) is 24.4 Å². The van der Waals surface area contributed by atoms with Crippen LogP contribution in [-0.2, 0) is 0 Å². The van der Waals surface area contributed by atoms with Crippen LogP contribution >= 0.6 is 0 Å². The first-order valence-electron chi connectivity index (χ1n) is 4.54. The number of ether oxygens (including phenoxy) is 1. The van der Waals surface area contributed by atoms with Crippen molar-refractivity contribution in [2.75, 3.05) is 0 Å². The van der Waals surface area contributed by atoms with Crippen molar-refractivity contribution >= 4 is 5.97 Å². The Bertz CT molecular complexity index is 522. The third-order valence-corrected chi connectivity index (χ3v) is 1.87. The predicted octanol–water partition coefficient (Wildman–Crippen LogP) is 1.60. The predicted molar refractivity (Wildman–Crippen MR) is 54.6 cm³/mol. The number of carboxylic acids is 1. The number of hydrogen-bond donors (Lipinski definition) is 2. The lowest BCUT2D eigenvalue weighted by molar-refractivity contribution is 0.0696. The van der Waals surface area contributed by atoms with Gasteiger partial charge < -0.3 is 9.84 Å². The van der Waals surface area contributed by atoms with E-state index in [-0.39, 0.29) is 11.4 Å². The Morgan fingerprint density at radius 2 is 2.25 bits per heavy atom. The van der Waals surface area contributed by atoms with Gasteiger partial charge in [0, 0.05) is 24.0 Å². The molecule has 82 valence electrons. The third-order valence-electron chi connectivity index (χ3n) is 1.87. The van der Waals surface area contributed by atoms with Crippen molar-refractivity contribution in [2.45, 2.75) is 6.92 Å². The van der Waals surface area contributed by atoms with Crippen molar-refractivity contribution in [3.05, 3.63) is 35.7 Å². The maximum Gasteiger partial charge on any atom is 0.335 e. The zero-order chi connectivity index (χ0) is 11.5. The van der Waals surface area contributed by atoms with Gasteiger partial charge in [-0.1, -0.05) is 0 Å². The van der Waals surface area contributed by atoms with Gasteiger partial charge in [-0.25, -0.2) is 9.78 Å². The summed E-state index contributed by atoms with van der Waals surface area (Å²) in [4.78, 5) is 14.6. The van der Waals surface area contributed by atoms with Gasteiger partial charge in [0.15, 0.2) is 0 Å². The number of rotatable bonds is 3. The summed E-state index contributed by atoms with van der Waals surface area (Å²) in [5.41, 5.74) is 0.974. The van der Waals surface area contributed by atoms with E-state index in [1.165, 1.54) is 18.3 Å². The molecule has 2 aromatic rings. The minimum Gasteiger partial charge on any atom is -0.478 e. The molecule has 2 N–H and O–H groups in total. The Hall–Kier alpha value is -2.37. The van der Waals surface area contributed by atoms with Crippen molar-refractivity contribution in [1.29, 1.82) is 0 Å². The van der Waals surface area contributed by atoms with Gasteiger partial charge in [0.2, 0.25) is 11.8 Å². The molecule has 0 saturated carbocycles. The zero-order valence-corrected chi connectivity index (χ0v) is 8.47. The van der Waals surface area contributed by atoms with Crippen LogP contribution in [0.5, 0.6) is 11.8 Å². The largest absolute Gasteiger partial charge is 0.478 e. The van der Waals surface area contributed by atoms with Crippen LogP contribution in [0.2, 0.25) is 0 Å². The molecule has 0 aliphatic carbocycles. The van der Waals surface area contributed by atoms with Crippen LogP contribution in [0, 0.1) is 6.92 Å². The number of hydrogen-bond acceptors (Lipinski definition) is 4. The standard InChI is InChI=1S/C10H9N3O3/c1-6-4-9(13-12-6)16-8-5-7(10(14)15)2-3-11-8/h2-5H,1H3,(H,12,13)(H,14,15). The van der Waals surface area contributed by atoms with E-state index >= 15 is 0 Å². The van der Waals surface area contributed by atoms with Crippen molar-refractivity contribution in [3.8, 4) is 11.8 Å². The van der Waals surface area contributed by atoms with Gasteiger partial charge in [-0.2, -0.15) is 0 Å². The van der Waals surface area contributed by atoms with Crippen LogP contribution in [0.4, 0.5) is 0 Å². The van der Waals surface area contributed by atoms with Crippen LogP contribution < -0.4 is 4.74 Å². The maximum atomic E-state index is 10.7. The van der Waals surface area contributed by atoms with Crippen molar-refractivity contribution < 1.29 is 14.6 Å². The summed E-state index contributed by atoms with van der Waals surface area (Å²) in [7, 11) is 0. The molecule has 0 aliphatic rings. The summed E-state index contributed by atoms with van der Waals surface area (Å²) in [5.74, 6) is -0.468. The molecule has 2 aromatic heterocycles. The number of carboxylic acid groups (broad SMARTS) is 1. The van der Waals surface area contributed by atoms with Crippen molar-refractivity contribution in [1.82, 2.24) is 15.2 Å². The van der Waals surface area contributed by atoms with E-state index in [9.17, 15) is 4.79 Å². The highest BCUT2D eigenvalue weighted by molar-refractivity contribution is 5.87. The van der Waals surface area contributed by atoms with Crippen LogP contribution in [0.1, 0.15) is 16.1 Å². The van der Waals surface area contributed by atoms with Gasteiger partial charge in [-0.15, -0.1) is 5.10 Å². The lowest BCUT2D eigenvalue weighted by Crippen LogP contribution is -1.97. The van der Waals surface area contributed by atoms with E-state index in [4.69, 9.17) is 9.84 Å². The average molecular weight is 219 g/mol. The molecule has 0 fully saturated rings. The molecule has 6 nitrogen and oxygen atoms in total. The number of aromatic carboxylic acids is 1. The second kappa shape index (κ2) is 4.01. The number of nitrogens with one attached hydrogen (secondary N) is 1. The van der Waals surface area contributed by atoms with E-state index in [1.807, 2.05) is 6.92 Å². The van der Waals surface area contributed by atoms with Gasteiger partial charge in [0.05, 0.1) is 5.56 Å². The molecule has 0 spiro atoms. The molecule has 2 heterocycles. The molecular weight excluding hydrogens is 210 g/mol. The smallest absolute Gasteiger partial charge is 0.335 e. The summed E-state index contributed by atoms with van der Waals surface area (Å²) in [6.45, 7) is 1.83. The Labute approximate surface area is 90.9 Å². The minimum atomic E-state index is -1.02. The van der Waals surface area contributed by atoms with Gasteiger partial charge >= 0.3 is 5.97 Å². The van der Waals surface area contributed by atoms with E-state index in [1.54, 1.807) is 6.07 Å². The lowest BCUT2D eigenvalue weighted by atomic mass is 10.3. The number of carbonyl (C=O) groups is 1.